The highest BCUT2D eigenvalue weighted by atomic mass is 16.5. The summed E-state index contributed by atoms with van der Waals surface area (Å²) in [4.78, 5) is 11.6. The first kappa shape index (κ1) is 17.2. The van der Waals surface area contributed by atoms with Gasteiger partial charge >= 0.3 is 0 Å². The largest absolute Gasteiger partial charge is 0.493 e. The second kappa shape index (κ2) is 9.19. The highest BCUT2D eigenvalue weighted by molar-refractivity contribution is 5.75. The number of carbonyl (C=O) groups is 1. The van der Waals surface area contributed by atoms with Crippen molar-refractivity contribution < 1.29 is 14.3 Å². The van der Waals surface area contributed by atoms with E-state index in [4.69, 9.17) is 9.47 Å². The third-order valence-electron chi connectivity index (χ3n) is 2.90. The first-order chi connectivity index (χ1) is 10.0. The number of hydrogen-bond donors (Lipinski definition) is 1. The molecule has 0 aliphatic heterocycles. The SMILES string of the molecule is C=C(C)COCCNC(=O)CCOc1c(C)cccc1C. The molecule has 0 bridgehead atoms. The van der Waals surface area contributed by atoms with Gasteiger partial charge in [0.2, 0.25) is 5.91 Å². The maximum absolute atomic E-state index is 11.6. The maximum atomic E-state index is 11.6. The van der Waals surface area contributed by atoms with Crippen LogP contribution in [0.1, 0.15) is 24.5 Å². The molecule has 0 heterocycles. The molecule has 1 amide bonds. The number of rotatable bonds is 9. The molecule has 0 radical (unpaired) electrons. The van der Waals surface area contributed by atoms with Gasteiger partial charge in [-0.05, 0) is 31.9 Å². The van der Waals surface area contributed by atoms with Gasteiger partial charge in [-0.25, -0.2) is 0 Å². The van der Waals surface area contributed by atoms with E-state index in [0.717, 1.165) is 22.4 Å². The van der Waals surface area contributed by atoms with E-state index in [9.17, 15) is 4.79 Å². The predicted octanol–water partition coefficient (Wildman–Crippen LogP) is 2.78. The minimum Gasteiger partial charge on any atom is -0.493 e. The van der Waals surface area contributed by atoms with E-state index in [1.54, 1.807) is 0 Å². The summed E-state index contributed by atoms with van der Waals surface area (Å²) >= 11 is 0. The van der Waals surface area contributed by atoms with Gasteiger partial charge in [0.05, 0.1) is 26.2 Å². The van der Waals surface area contributed by atoms with Crippen LogP contribution in [-0.4, -0.2) is 32.3 Å². The van der Waals surface area contributed by atoms with Crippen LogP contribution in [0.3, 0.4) is 0 Å². The van der Waals surface area contributed by atoms with Crippen LogP contribution in [0.15, 0.2) is 30.4 Å². The highest BCUT2D eigenvalue weighted by Gasteiger charge is 2.05. The Kier molecular flexibility index (Phi) is 7.54. The van der Waals surface area contributed by atoms with Crippen molar-refractivity contribution in [1.29, 1.82) is 0 Å². The fourth-order valence-electron chi connectivity index (χ4n) is 1.87. The van der Waals surface area contributed by atoms with E-state index >= 15 is 0 Å². The molecule has 4 nitrogen and oxygen atoms in total. The number of aryl methyl sites for hydroxylation is 2. The molecule has 1 aromatic carbocycles. The van der Waals surface area contributed by atoms with Gasteiger partial charge in [0.1, 0.15) is 5.75 Å². The second-order valence-electron chi connectivity index (χ2n) is 5.18. The Morgan fingerprint density at radius 3 is 2.52 bits per heavy atom. The van der Waals surface area contributed by atoms with Crippen LogP contribution < -0.4 is 10.1 Å². The summed E-state index contributed by atoms with van der Waals surface area (Å²) in [5.41, 5.74) is 3.15. The molecular weight excluding hydrogens is 266 g/mol. The van der Waals surface area contributed by atoms with E-state index in [1.165, 1.54) is 0 Å². The Labute approximate surface area is 127 Å². The Hall–Kier alpha value is -1.81. The molecule has 4 heteroatoms. The molecule has 0 saturated heterocycles. The van der Waals surface area contributed by atoms with Crippen molar-refractivity contribution in [2.45, 2.75) is 27.2 Å². The van der Waals surface area contributed by atoms with Crippen LogP contribution in [0.4, 0.5) is 0 Å². The van der Waals surface area contributed by atoms with E-state index in [1.807, 2.05) is 39.0 Å². The number of hydrogen-bond acceptors (Lipinski definition) is 3. The molecule has 0 atom stereocenters. The van der Waals surface area contributed by atoms with Crippen molar-refractivity contribution in [1.82, 2.24) is 5.32 Å². The molecule has 21 heavy (non-hydrogen) atoms. The molecule has 0 aliphatic carbocycles. The lowest BCUT2D eigenvalue weighted by Crippen LogP contribution is -2.28. The van der Waals surface area contributed by atoms with Gasteiger partial charge in [0.15, 0.2) is 0 Å². The van der Waals surface area contributed by atoms with Crippen LogP contribution in [0.25, 0.3) is 0 Å². The van der Waals surface area contributed by atoms with E-state index in [0.29, 0.717) is 32.8 Å². The van der Waals surface area contributed by atoms with E-state index in [-0.39, 0.29) is 5.91 Å². The fraction of sp³-hybridized carbons (Fsp3) is 0.471. The highest BCUT2D eigenvalue weighted by Crippen LogP contribution is 2.22. The average Bonchev–Trinajstić information content (AvgIpc) is 2.41. The van der Waals surface area contributed by atoms with E-state index < -0.39 is 0 Å². The monoisotopic (exact) mass is 291 g/mol. The molecule has 0 unspecified atom stereocenters. The molecule has 0 aliphatic rings. The average molecular weight is 291 g/mol. The summed E-state index contributed by atoms with van der Waals surface area (Å²) in [5.74, 6) is 0.843. The van der Waals surface area contributed by atoms with Crippen LogP contribution in [0, 0.1) is 13.8 Å². The topological polar surface area (TPSA) is 47.6 Å². The number of nitrogens with one attached hydrogen (secondary N) is 1. The van der Waals surface area contributed by atoms with Crippen LogP contribution in [-0.2, 0) is 9.53 Å². The molecular formula is C17H25NO3. The smallest absolute Gasteiger partial charge is 0.223 e. The summed E-state index contributed by atoms with van der Waals surface area (Å²) < 4.78 is 11.0. The number of ether oxygens (including phenoxy) is 2. The molecule has 1 N–H and O–H groups in total. The van der Waals surface area contributed by atoms with Gasteiger partial charge in [-0.15, -0.1) is 0 Å². The van der Waals surface area contributed by atoms with Crippen LogP contribution >= 0.6 is 0 Å². The molecule has 0 saturated carbocycles. The molecule has 0 aromatic heterocycles. The molecule has 1 aromatic rings. The van der Waals surface area contributed by atoms with Crippen molar-refractivity contribution in [2.75, 3.05) is 26.4 Å². The van der Waals surface area contributed by atoms with Crippen LogP contribution in [0.5, 0.6) is 5.75 Å². The Balaban J connectivity index is 2.17. The third kappa shape index (κ3) is 6.95. The summed E-state index contributed by atoms with van der Waals surface area (Å²) in [7, 11) is 0. The van der Waals surface area contributed by atoms with Crippen molar-refractivity contribution in [3.8, 4) is 5.75 Å². The quantitative estimate of drug-likeness (QED) is 0.562. The minimum absolute atomic E-state index is 0.0276. The minimum atomic E-state index is -0.0276. The lowest BCUT2D eigenvalue weighted by Gasteiger charge is -2.12. The van der Waals surface area contributed by atoms with Gasteiger partial charge in [-0.2, -0.15) is 0 Å². The van der Waals surface area contributed by atoms with Crippen molar-refractivity contribution in [3.63, 3.8) is 0 Å². The number of benzene rings is 1. The first-order valence-electron chi connectivity index (χ1n) is 7.18. The van der Waals surface area contributed by atoms with Gasteiger partial charge in [0.25, 0.3) is 0 Å². The van der Waals surface area contributed by atoms with Gasteiger partial charge in [-0.3, -0.25) is 4.79 Å². The van der Waals surface area contributed by atoms with Crippen molar-refractivity contribution in [2.24, 2.45) is 0 Å². The third-order valence-corrected chi connectivity index (χ3v) is 2.90. The zero-order valence-corrected chi connectivity index (χ0v) is 13.2. The summed E-state index contributed by atoms with van der Waals surface area (Å²) in [6.45, 7) is 11.6. The Morgan fingerprint density at radius 2 is 1.90 bits per heavy atom. The molecule has 0 fully saturated rings. The van der Waals surface area contributed by atoms with Gasteiger partial charge in [-0.1, -0.05) is 30.4 Å². The number of para-hydroxylation sites is 1. The zero-order chi connectivity index (χ0) is 15.7. The summed E-state index contributed by atoms with van der Waals surface area (Å²) in [6.07, 6.45) is 0.342. The Bertz CT molecular complexity index is 463. The standard InChI is InChI=1S/C17H25NO3/c1-13(2)12-20-11-9-18-16(19)8-10-21-17-14(3)6-5-7-15(17)4/h5-7H,1,8-12H2,2-4H3,(H,18,19). The fourth-order valence-corrected chi connectivity index (χ4v) is 1.87. The first-order valence-corrected chi connectivity index (χ1v) is 7.18. The summed E-state index contributed by atoms with van der Waals surface area (Å²) in [6, 6.07) is 6.00. The van der Waals surface area contributed by atoms with Crippen molar-refractivity contribution in [3.05, 3.63) is 41.5 Å². The lowest BCUT2D eigenvalue weighted by atomic mass is 10.1. The van der Waals surface area contributed by atoms with Gasteiger partial charge < -0.3 is 14.8 Å². The van der Waals surface area contributed by atoms with E-state index in [2.05, 4.69) is 11.9 Å². The van der Waals surface area contributed by atoms with Gasteiger partial charge in [0, 0.05) is 6.54 Å². The second-order valence-corrected chi connectivity index (χ2v) is 5.18. The number of carbonyl (C=O) groups excluding carboxylic acids is 1. The molecule has 0 spiro atoms. The normalized spacial score (nSPS) is 10.2. The maximum Gasteiger partial charge on any atom is 0.223 e. The van der Waals surface area contributed by atoms with Crippen LogP contribution in [0.2, 0.25) is 0 Å². The number of amides is 1. The van der Waals surface area contributed by atoms with Crippen molar-refractivity contribution >= 4 is 5.91 Å². The lowest BCUT2D eigenvalue weighted by molar-refractivity contribution is -0.121. The summed E-state index contributed by atoms with van der Waals surface area (Å²) in [5, 5.41) is 2.80. The Morgan fingerprint density at radius 1 is 1.24 bits per heavy atom. The molecule has 1 rings (SSSR count). The zero-order valence-electron chi connectivity index (χ0n) is 13.2. The predicted molar refractivity (Wildman–Crippen MR) is 84.7 cm³/mol. The molecule has 116 valence electrons.